The van der Waals surface area contributed by atoms with Gasteiger partial charge in [0, 0.05) is 5.88 Å². The summed E-state index contributed by atoms with van der Waals surface area (Å²) in [5.41, 5.74) is 1.37. The highest BCUT2D eigenvalue weighted by Crippen LogP contribution is 1.96. The molecule has 42 valence electrons. The van der Waals surface area contributed by atoms with Crippen LogP contribution in [0, 0.1) is 0 Å². The van der Waals surface area contributed by atoms with Crippen LogP contribution in [-0.2, 0) is 0 Å². The Bertz CT molecular complexity index is 64.6. The smallest absolute Gasteiger partial charge is 0.0406 e. The van der Waals surface area contributed by atoms with E-state index in [1.165, 1.54) is 5.57 Å². The predicted octanol–water partition coefficient (Wildman–Crippen LogP) is 2.58. The van der Waals surface area contributed by atoms with E-state index in [0.29, 0.717) is 5.88 Å². The van der Waals surface area contributed by atoms with Gasteiger partial charge < -0.3 is 0 Å². The van der Waals surface area contributed by atoms with Crippen molar-refractivity contribution in [2.24, 2.45) is 0 Å². The minimum absolute atomic E-state index is 0.652. The number of alkyl halides is 1. The van der Waals surface area contributed by atoms with Crippen molar-refractivity contribution >= 4 is 11.6 Å². The zero-order valence-corrected chi connectivity index (χ0v) is 5.63. The molecule has 0 aromatic carbocycles. The van der Waals surface area contributed by atoms with Crippen molar-refractivity contribution in [3.63, 3.8) is 0 Å². The Balaban J connectivity index is 3.29. The van der Waals surface area contributed by atoms with Crippen LogP contribution in [0.25, 0.3) is 0 Å². The van der Waals surface area contributed by atoms with E-state index in [2.05, 4.69) is 13.8 Å². The average molecular weight is 119 g/mol. The van der Waals surface area contributed by atoms with Crippen LogP contribution in [0.1, 0.15) is 20.3 Å². The van der Waals surface area contributed by atoms with Gasteiger partial charge in [-0.2, -0.15) is 0 Å². The van der Waals surface area contributed by atoms with Crippen LogP contribution in [0.15, 0.2) is 11.6 Å². The van der Waals surface area contributed by atoms with Gasteiger partial charge in [0.15, 0.2) is 0 Å². The van der Waals surface area contributed by atoms with Crippen molar-refractivity contribution in [2.45, 2.75) is 20.3 Å². The minimum atomic E-state index is 0.652. The van der Waals surface area contributed by atoms with E-state index in [1.54, 1.807) is 0 Å². The van der Waals surface area contributed by atoms with E-state index in [1.807, 2.05) is 6.08 Å². The summed E-state index contributed by atoms with van der Waals surface area (Å²) >= 11 is 5.40. The van der Waals surface area contributed by atoms with E-state index in [-0.39, 0.29) is 0 Å². The van der Waals surface area contributed by atoms with Crippen molar-refractivity contribution in [2.75, 3.05) is 5.88 Å². The molecule has 7 heavy (non-hydrogen) atoms. The average Bonchev–Trinajstić information content (AvgIpc) is 1.68. The molecule has 0 aliphatic carbocycles. The molecule has 0 fully saturated rings. The second-order valence-electron chi connectivity index (χ2n) is 1.56. The molecular formula is C6H11Cl. The van der Waals surface area contributed by atoms with Gasteiger partial charge >= 0.3 is 0 Å². The van der Waals surface area contributed by atoms with Crippen LogP contribution in [0.2, 0.25) is 0 Å². The molecule has 0 aliphatic rings. The minimum Gasteiger partial charge on any atom is -0.122 e. The molecule has 0 heterocycles. The third kappa shape index (κ3) is 3.87. The normalized spacial score (nSPS) is 12.1. The van der Waals surface area contributed by atoms with Crippen molar-refractivity contribution < 1.29 is 0 Å². The fourth-order valence-corrected chi connectivity index (χ4v) is 0.539. The molecular weight excluding hydrogens is 108 g/mol. The molecule has 0 amide bonds. The van der Waals surface area contributed by atoms with Gasteiger partial charge in [-0.15, -0.1) is 11.6 Å². The van der Waals surface area contributed by atoms with Crippen molar-refractivity contribution in [1.29, 1.82) is 0 Å². The molecule has 0 aliphatic heterocycles. The van der Waals surface area contributed by atoms with Crippen LogP contribution < -0.4 is 0 Å². The van der Waals surface area contributed by atoms with E-state index >= 15 is 0 Å². The van der Waals surface area contributed by atoms with E-state index in [4.69, 9.17) is 11.6 Å². The number of halogens is 1. The maximum Gasteiger partial charge on any atom is 0.0406 e. The number of allylic oxidation sites excluding steroid dienone is 2. The number of rotatable bonds is 2. The maximum absolute atomic E-state index is 5.40. The van der Waals surface area contributed by atoms with Gasteiger partial charge in [0.1, 0.15) is 0 Å². The van der Waals surface area contributed by atoms with Crippen LogP contribution >= 0.6 is 11.6 Å². The molecule has 0 bridgehead atoms. The summed E-state index contributed by atoms with van der Waals surface area (Å²) in [4.78, 5) is 0. The van der Waals surface area contributed by atoms with Gasteiger partial charge in [-0.25, -0.2) is 0 Å². The van der Waals surface area contributed by atoms with Gasteiger partial charge in [-0.1, -0.05) is 18.6 Å². The Morgan fingerprint density at radius 3 is 2.43 bits per heavy atom. The molecule has 0 aromatic rings. The number of hydrogen-bond donors (Lipinski definition) is 0. The molecule has 0 N–H and O–H groups in total. The lowest BCUT2D eigenvalue weighted by molar-refractivity contribution is 1.09. The summed E-state index contributed by atoms with van der Waals surface area (Å²) in [6, 6.07) is 0. The highest BCUT2D eigenvalue weighted by molar-refractivity contribution is 6.18. The summed E-state index contributed by atoms with van der Waals surface area (Å²) in [7, 11) is 0. The van der Waals surface area contributed by atoms with Crippen LogP contribution in [0.5, 0.6) is 0 Å². The Kier molecular flexibility index (Phi) is 4.21. The summed E-state index contributed by atoms with van der Waals surface area (Å²) in [6.07, 6.45) is 3.15. The SMILES string of the molecule is CCC(C)=CCCl. The first kappa shape index (κ1) is 7.03. The van der Waals surface area contributed by atoms with Gasteiger partial charge in [0.25, 0.3) is 0 Å². The molecule has 0 atom stereocenters. The van der Waals surface area contributed by atoms with E-state index in [0.717, 1.165) is 6.42 Å². The molecule has 0 radical (unpaired) electrons. The van der Waals surface area contributed by atoms with Crippen LogP contribution in [0.4, 0.5) is 0 Å². The molecule has 0 aromatic heterocycles. The first-order chi connectivity index (χ1) is 3.31. The highest BCUT2D eigenvalue weighted by atomic mass is 35.5. The zero-order chi connectivity index (χ0) is 5.70. The van der Waals surface area contributed by atoms with E-state index in [9.17, 15) is 0 Å². The first-order valence-corrected chi connectivity index (χ1v) is 3.06. The lowest BCUT2D eigenvalue weighted by Gasteiger charge is -1.87. The third-order valence-electron chi connectivity index (χ3n) is 0.983. The number of hydrogen-bond acceptors (Lipinski definition) is 0. The van der Waals surface area contributed by atoms with Crippen LogP contribution in [-0.4, -0.2) is 5.88 Å². The predicted molar refractivity (Wildman–Crippen MR) is 34.8 cm³/mol. The van der Waals surface area contributed by atoms with Gasteiger partial charge in [-0.05, 0) is 13.3 Å². The Hall–Kier alpha value is 0.0300. The summed E-state index contributed by atoms with van der Waals surface area (Å²) in [5, 5.41) is 0. The molecule has 0 spiro atoms. The maximum atomic E-state index is 5.40. The lowest BCUT2D eigenvalue weighted by atomic mass is 10.2. The Labute approximate surface area is 50.2 Å². The van der Waals surface area contributed by atoms with Gasteiger partial charge in [0.05, 0.1) is 0 Å². The van der Waals surface area contributed by atoms with Gasteiger partial charge in [-0.3, -0.25) is 0 Å². The molecule has 0 rings (SSSR count). The van der Waals surface area contributed by atoms with E-state index < -0.39 is 0 Å². The van der Waals surface area contributed by atoms with Gasteiger partial charge in [0.2, 0.25) is 0 Å². The standard InChI is InChI=1S/C6H11Cl/c1-3-6(2)4-5-7/h4H,3,5H2,1-2H3. The summed E-state index contributed by atoms with van der Waals surface area (Å²) in [6.45, 7) is 4.21. The van der Waals surface area contributed by atoms with Crippen molar-refractivity contribution in [3.8, 4) is 0 Å². The second kappa shape index (κ2) is 4.20. The van der Waals surface area contributed by atoms with Crippen LogP contribution in [0.3, 0.4) is 0 Å². The first-order valence-electron chi connectivity index (χ1n) is 2.52. The summed E-state index contributed by atoms with van der Waals surface area (Å²) in [5.74, 6) is 0.652. The van der Waals surface area contributed by atoms with Crippen molar-refractivity contribution in [1.82, 2.24) is 0 Å². The fraction of sp³-hybridized carbons (Fsp3) is 0.667. The largest absolute Gasteiger partial charge is 0.122 e. The highest BCUT2D eigenvalue weighted by Gasteiger charge is 1.77. The Morgan fingerprint density at radius 2 is 2.29 bits per heavy atom. The Morgan fingerprint density at radius 1 is 1.71 bits per heavy atom. The molecule has 1 heteroatoms. The molecule has 0 saturated heterocycles. The third-order valence-corrected chi connectivity index (χ3v) is 1.14. The summed E-state index contributed by atoms with van der Waals surface area (Å²) < 4.78 is 0. The molecule has 0 nitrogen and oxygen atoms in total. The second-order valence-corrected chi connectivity index (χ2v) is 1.87. The molecule has 0 unspecified atom stereocenters. The lowest BCUT2D eigenvalue weighted by Crippen LogP contribution is -1.70. The zero-order valence-electron chi connectivity index (χ0n) is 4.87. The molecule has 0 saturated carbocycles. The van der Waals surface area contributed by atoms with Crippen molar-refractivity contribution in [3.05, 3.63) is 11.6 Å². The quantitative estimate of drug-likeness (QED) is 0.386. The monoisotopic (exact) mass is 118 g/mol. The topological polar surface area (TPSA) is 0 Å². The fourth-order valence-electron chi connectivity index (χ4n) is 0.276.